The highest BCUT2D eigenvalue weighted by atomic mass is 35.5. The van der Waals surface area contributed by atoms with Crippen molar-refractivity contribution in [3.8, 4) is 5.75 Å². The summed E-state index contributed by atoms with van der Waals surface area (Å²) in [5, 5.41) is 0.474. The lowest BCUT2D eigenvalue weighted by atomic mass is 9.98. The second-order valence-corrected chi connectivity index (χ2v) is 9.01. The first kappa shape index (κ1) is 20.5. The molecule has 0 radical (unpaired) electrons. The van der Waals surface area contributed by atoms with E-state index in [-0.39, 0.29) is 35.7 Å². The molecule has 1 aliphatic rings. The van der Waals surface area contributed by atoms with Crippen LogP contribution in [0.5, 0.6) is 5.75 Å². The molecule has 0 saturated carbocycles. The zero-order chi connectivity index (χ0) is 20.3. The number of Topliss-reactive ketones (excluding diaryl/α,β-unsaturated/α-hetero) is 1. The molecule has 0 bridgehead atoms. The summed E-state index contributed by atoms with van der Waals surface area (Å²) in [5.74, 6) is -0.503. The van der Waals surface area contributed by atoms with Gasteiger partial charge in [0, 0.05) is 23.7 Å². The Balaban J connectivity index is 1.62. The van der Waals surface area contributed by atoms with Gasteiger partial charge in [-0.3, -0.25) is 9.59 Å². The topological polar surface area (TPSA) is 80.8 Å². The van der Waals surface area contributed by atoms with Gasteiger partial charge in [-0.15, -0.1) is 0 Å². The molecule has 28 heavy (non-hydrogen) atoms. The molecule has 0 aliphatic carbocycles. The van der Waals surface area contributed by atoms with Gasteiger partial charge in [0.05, 0.1) is 10.8 Å². The molecule has 0 N–H and O–H groups in total. The van der Waals surface area contributed by atoms with Gasteiger partial charge < -0.3 is 4.74 Å². The van der Waals surface area contributed by atoms with Crippen LogP contribution in [0.1, 0.15) is 30.1 Å². The average molecular weight is 422 g/mol. The number of ketones is 1. The Kier molecular flexibility index (Phi) is 6.17. The van der Waals surface area contributed by atoms with E-state index in [9.17, 15) is 18.0 Å². The standard InChI is InChI=1S/C20H20ClNO5S/c1-14(23)15-5-7-19(8-6-15)28(25,26)22-11-9-16(10-12-22)20(24)27-18-4-2-3-17(21)13-18/h2-8,13,16H,9-12H2,1H3. The Morgan fingerprint density at radius 2 is 1.71 bits per heavy atom. The number of sulfonamides is 1. The first-order valence-electron chi connectivity index (χ1n) is 8.86. The molecular formula is C20H20ClNO5S. The van der Waals surface area contributed by atoms with Crippen molar-refractivity contribution in [1.29, 1.82) is 0 Å². The maximum absolute atomic E-state index is 12.8. The van der Waals surface area contributed by atoms with E-state index < -0.39 is 10.0 Å². The van der Waals surface area contributed by atoms with E-state index in [1.807, 2.05) is 0 Å². The number of carbonyl (C=O) groups excluding carboxylic acids is 2. The van der Waals surface area contributed by atoms with E-state index >= 15 is 0 Å². The number of hydrogen-bond donors (Lipinski definition) is 0. The molecule has 3 rings (SSSR count). The fourth-order valence-corrected chi connectivity index (χ4v) is 4.72. The lowest BCUT2D eigenvalue weighted by molar-refractivity contribution is -0.140. The summed E-state index contributed by atoms with van der Waals surface area (Å²) in [7, 11) is -3.67. The fraction of sp³-hybridized carbons (Fsp3) is 0.300. The van der Waals surface area contributed by atoms with Gasteiger partial charge in [-0.25, -0.2) is 8.42 Å². The molecule has 1 heterocycles. The quantitative estimate of drug-likeness (QED) is 0.419. The van der Waals surface area contributed by atoms with Crippen LogP contribution in [0.4, 0.5) is 0 Å². The van der Waals surface area contributed by atoms with Crippen LogP contribution in [0.15, 0.2) is 53.4 Å². The molecule has 2 aromatic rings. The molecule has 1 fully saturated rings. The van der Waals surface area contributed by atoms with Gasteiger partial charge in [-0.2, -0.15) is 4.31 Å². The van der Waals surface area contributed by atoms with Crippen molar-refractivity contribution in [1.82, 2.24) is 4.31 Å². The van der Waals surface area contributed by atoms with Crippen LogP contribution in [-0.2, 0) is 14.8 Å². The van der Waals surface area contributed by atoms with Crippen molar-refractivity contribution < 1.29 is 22.7 Å². The van der Waals surface area contributed by atoms with Gasteiger partial charge in [0.15, 0.2) is 5.78 Å². The normalized spacial score (nSPS) is 15.9. The van der Waals surface area contributed by atoms with Crippen LogP contribution >= 0.6 is 11.6 Å². The number of hydrogen-bond acceptors (Lipinski definition) is 5. The number of ether oxygens (including phenoxy) is 1. The molecular weight excluding hydrogens is 402 g/mol. The lowest BCUT2D eigenvalue weighted by Crippen LogP contribution is -2.41. The number of carbonyl (C=O) groups is 2. The first-order chi connectivity index (χ1) is 13.3. The highest BCUT2D eigenvalue weighted by molar-refractivity contribution is 7.89. The third-order valence-electron chi connectivity index (χ3n) is 4.70. The van der Waals surface area contributed by atoms with Gasteiger partial charge in [0.25, 0.3) is 0 Å². The van der Waals surface area contributed by atoms with E-state index in [4.69, 9.17) is 16.3 Å². The van der Waals surface area contributed by atoms with Gasteiger partial charge >= 0.3 is 5.97 Å². The SMILES string of the molecule is CC(=O)c1ccc(S(=O)(=O)N2CCC(C(=O)Oc3cccc(Cl)c3)CC2)cc1. The molecule has 1 aliphatic heterocycles. The minimum atomic E-state index is -3.67. The molecule has 1 saturated heterocycles. The fourth-order valence-electron chi connectivity index (χ4n) is 3.07. The molecule has 8 heteroatoms. The molecule has 0 amide bonds. The molecule has 2 aromatic carbocycles. The maximum Gasteiger partial charge on any atom is 0.314 e. The number of esters is 1. The van der Waals surface area contributed by atoms with Crippen LogP contribution in [0, 0.1) is 5.92 Å². The van der Waals surface area contributed by atoms with Crippen molar-refractivity contribution in [2.24, 2.45) is 5.92 Å². The summed E-state index contributed by atoms with van der Waals surface area (Å²) in [6, 6.07) is 12.5. The Morgan fingerprint density at radius 3 is 2.29 bits per heavy atom. The monoisotopic (exact) mass is 421 g/mol. The van der Waals surface area contributed by atoms with Gasteiger partial charge in [0.1, 0.15) is 5.75 Å². The largest absolute Gasteiger partial charge is 0.426 e. The van der Waals surface area contributed by atoms with E-state index in [2.05, 4.69) is 0 Å². The van der Waals surface area contributed by atoms with Crippen LogP contribution in [0.2, 0.25) is 5.02 Å². The van der Waals surface area contributed by atoms with Crippen LogP contribution in [0.3, 0.4) is 0 Å². The van der Waals surface area contributed by atoms with Crippen LogP contribution in [0.25, 0.3) is 0 Å². The van der Waals surface area contributed by atoms with Gasteiger partial charge in [-0.05, 0) is 50.1 Å². The Hall–Kier alpha value is -2.22. The van der Waals surface area contributed by atoms with Crippen molar-refractivity contribution in [3.05, 3.63) is 59.1 Å². The lowest BCUT2D eigenvalue weighted by Gasteiger charge is -2.30. The van der Waals surface area contributed by atoms with Crippen molar-refractivity contribution in [2.45, 2.75) is 24.7 Å². The van der Waals surface area contributed by atoms with Crippen LogP contribution < -0.4 is 4.74 Å². The summed E-state index contributed by atoms with van der Waals surface area (Å²) in [4.78, 5) is 23.8. The zero-order valence-corrected chi connectivity index (χ0v) is 16.9. The second kappa shape index (κ2) is 8.43. The third kappa shape index (κ3) is 4.60. The van der Waals surface area contributed by atoms with E-state index in [1.165, 1.54) is 35.5 Å². The summed E-state index contributed by atoms with van der Waals surface area (Å²) in [6.07, 6.45) is 0.758. The Bertz CT molecular complexity index is 980. The minimum absolute atomic E-state index is 0.122. The summed E-state index contributed by atoms with van der Waals surface area (Å²) in [6.45, 7) is 1.88. The van der Waals surface area contributed by atoms with Crippen LogP contribution in [-0.4, -0.2) is 37.6 Å². The minimum Gasteiger partial charge on any atom is -0.426 e. The van der Waals surface area contributed by atoms with Crippen molar-refractivity contribution in [3.63, 3.8) is 0 Å². The highest BCUT2D eigenvalue weighted by Gasteiger charge is 2.33. The number of nitrogens with zero attached hydrogens (tertiary/aromatic N) is 1. The van der Waals surface area contributed by atoms with E-state index in [0.29, 0.717) is 29.2 Å². The third-order valence-corrected chi connectivity index (χ3v) is 6.85. The second-order valence-electron chi connectivity index (χ2n) is 6.64. The Morgan fingerprint density at radius 1 is 1.07 bits per heavy atom. The molecule has 0 aromatic heterocycles. The van der Waals surface area contributed by atoms with E-state index in [0.717, 1.165) is 0 Å². The average Bonchev–Trinajstić information content (AvgIpc) is 2.68. The highest BCUT2D eigenvalue weighted by Crippen LogP contribution is 2.26. The smallest absolute Gasteiger partial charge is 0.314 e. The van der Waals surface area contributed by atoms with Gasteiger partial charge in [-0.1, -0.05) is 29.8 Å². The molecule has 0 atom stereocenters. The van der Waals surface area contributed by atoms with Crippen molar-refractivity contribution >= 4 is 33.4 Å². The number of halogens is 1. The molecule has 0 unspecified atom stereocenters. The maximum atomic E-state index is 12.8. The van der Waals surface area contributed by atoms with Gasteiger partial charge in [0.2, 0.25) is 10.0 Å². The first-order valence-corrected chi connectivity index (χ1v) is 10.7. The zero-order valence-electron chi connectivity index (χ0n) is 15.3. The number of benzene rings is 2. The predicted octanol–water partition coefficient (Wildman–Crippen LogP) is 3.55. The number of rotatable bonds is 5. The summed E-state index contributed by atoms with van der Waals surface area (Å²) in [5.41, 5.74) is 0.460. The van der Waals surface area contributed by atoms with Crippen molar-refractivity contribution in [2.75, 3.05) is 13.1 Å². The number of piperidine rings is 1. The molecule has 0 spiro atoms. The Labute approximate surface area is 169 Å². The summed E-state index contributed by atoms with van der Waals surface area (Å²) >= 11 is 5.89. The molecule has 148 valence electrons. The molecule has 6 nitrogen and oxygen atoms in total. The summed E-state index contributed by atoms with van der Waals surface area (Å²) < 4.78 is 32.3. The predicted molar refractivity (Wildman–Crippen MR) is 105 cm³/mol. The van der Waals surface area contributed by atoms with E-state index in [1.54, 1.807) is 24.3 Å².